The second-order valence-electron chi connectivity index (χ2n) is 9.62. The number of methoxy groups -OCH3 is 1. The molecule has 0 aliphatic carbocycles. The molecule has 2 unspecified atom stereocenters. The number of guanidine groups is 1. The second kappa shape index (κ2) is 10.1. The van der Waals surface area contributed by atoms with Gasteiger partial charge in [0.05, 0.1) is 24.9 Å². The molecule has 0 amide bonds. The Morgan fingerprint density at radius 1 is 1.00 bits per heavy atom. The monoisotopic (exact) mass is 509 g/mol. The second-order valence-corrected chi connectivity index (χ2v) is 9.62. The van der Waals surface area contributed by atoms with Crippen molar-refractivity contribution in [3.8, 4) is 11.5 Å². The molecule has 0 fully saturated rings. The standard InChI is InChI=1S/C29H31N7O2/c1-37-25-12-11-20(13-26(25)38-18-19-7-3-2-4-8-19)16-35-17-22(14-21-9-5-6-10-24(21)35)36-27(30)23-15-32-34-28(23)33-29(36)31/h2-13,15,22,27H,14,16-18,30H2,1H3,(H3,31,32,33,34). The highest BCUT2D eigenvalue weighted by atomic mass is 16.5. The maximum Gasteiger partial charge on any atom is 0.199 e. The molecular formula is C29H31N7O2. The van der Waals surface area contributed by atoms with Crippen LogP contribution in [0.1, 0.15) is 28.4 Å². The first kappa shape index (κ1) is 23.9. The molecule has 194 valence electrons. The topological polar surface area (TPSA) is 118 Å². The van der Waals surface area contributed by atoms with Crippen molar-refractivity contribution in [3.05, 3.63) is 101 Å². The summed E-state index contributed by atoms with van der Waals surface area (Å²) in [5, 5.41) is 6.98. The number of hydrogen-bond acceptors (Lipinski definition) is 8. The van der Waals surface area contributed by atoms with Crippen LogP contribution >= 0.6 is 0 Å². The minimum absolute atomic E-state index is 0.0405. The lowest BCUT2D eigenvalue weighted by Crippen LogP contribution is -2.56. The third-order valence-corrected chi connectivity index (χ3v) is 7.21. The molecule has 9 nitrogen and oxygen atoms in total. The third kappa shape index (κ3) is 4.52. The molecule has 0 saturated carbocycles. The van der Waals surface area contributed by atoms with Crippen LogP contribution in [0.15, 0.2) is 84.0 Å². The van der Waals surface area contributed by atoms with E-state index >= 15 is 0 Å². The molecule has 0 bridgehead atoms. The van der Waals surface area contributed by atoms with Crippen molar-refractivity contribution in [2.45, 2.75) is 31.8 Å². The average Bonchev–Trinajstić information content (AvgIpc) is 3.41. The molecule has 9 heteroatoms. The smallest absolute Gasteiger partial charge is 0.199 e. The van der Waals surface area contributed by atoms with Gasteiger partial charge in [0.2, 0.25) is 0 Å². The third-order valence-electron chi connectivity index (χ3n) is 7.21. The number of nitrogens with two attached hydrogens (primary N) is 2. The van der Waals surface area contributed by atoms with Crippen molar-refractivity contribution >= 4 is 17.5 Å². The predicted octanol–water partition coefficient (Wildman–Crippen LogP) is 3.85. The molecule has 6 rings (SSSR count). The van der Waals surface area contributed by atoms with Gasteiger partial charge < -0.3 is 30.7 Å². The van der Waals surface area contributed by atoms with Crippen molar-refractivity contribution in [1.29, 1.82) is 0 Å². The Bertz CT molecular complexity index is 1450. The fraction of sp³-hybridized carbons (Fsp3) is 0.241. The zero-order chi connectivity index (χ0) is 26.1. The number of aromatic amines is 1. The van der Waals surface area contributed by atoms with Crippen LogP contribution in [0.5, 0.6) is 11.5 Å². The highest BCUT2D eigenvalue weighted by Gasteiger charge is 2.36. The molecule has 38 heavy (non-hydrogen) atoms. The summed E-state index contributed by atoms with van der Waals surface area (Å²) in [6, 6.07) is 24.8. The van der Waals surface area contributed by atoms with Gasteiger partial charge in [0, 0.05) is 18.8 Å². The molecule has 1 aromatic heterocycles. The molecule has 2 aliphatic rings. The van der Waals surface area contributed by atoms with Crippen LogP contribution in [0.3, 0.4) is 0 Å². The Morgan fingerprint density at radius 3 is 2.66 bits per heavy atom. The number of hydrogen-bond donors (Lipinski definition) is 3. The average molecular weight is 510 g/mol. The summed E-state index contributed by atoms with van der Waals surface area (Å²) in [4.78, 5) is 8.92. The first-order valence-corrected chi connectivity index (χ1v) is 12.7. The number of anilines is 1. The number of rotatable bonds is 7. The van der Waals surface area contributed by atoms with Gasteiger partial charge in [-0.1, -0.05) is 54.6 Å². The summed E-state index contributed by atoms with van der Waals surface area (Å²) in [5.74, 6) is 2.46. The van der Waals surface area contributed by atoms with Gasteiger partial charge in [-0.05, 0) is 41.3 Å². The van der Waals surface area contributed by atoms with Gasteiger partial charge in [0.25, 0.3) is 0 Å². The molecule has 0 spiro atoms. The summed E-state index contributed by atoms with van der Waals surface area (Å²) in [6.07, 6.45) is 2.13. The number of benzene rings is 3. The van der Waals surface area contributed by atoms with Crippen molar-refractivity contribution in [1.82, 2.24) is 15.1 Å². The van der Waals surface area contributed by atoms with Gasteiger partial charge in [0.15, 0.2) is 23.3 Å². The van der Waals surface area contributed by atoms with Gasteiger partial charge in [-0.2, -0.15) is 10.1 Å². The van der Waals surface area contributed by atoms with E-state index in [1.165, 1.54) is 11.3 Å². The summed E-state index contributed by atoms with van der Waals surface area (Å²) in [5.41, 5.74) is 18.6. The number of aromatic nitrogens is 2. The van der Waals surface area contributed by atoms with Crippen molar-refractivity contribution in [2.75, 3.05) is 18.6 Å². The number of fused-ring (bicyclic) bond motifs is 2. The van der Waals surface area contributed by atoms with E-state index in [2.05, 4.69) is 56.5 Å². The number of nitrogens with one attached hydrogen (secondary N) is 1. The maximum absolute atomic E-state index is 6.66. The summed E-state index contributed by atoms with van der Waals surface area (Å²) in [6.45, 7) is 1.90. The normalized spacial score (nSPS) is 18.4. The van der Waals surface area contributed by atoms with Crippen molar-refractivity contribution in [2.24, 2.45) is 16.5 Å². The molecule has 3 aromatic carbocycles. The first-order valence-electron chi connectivity index (χ1n) is 12.7. The van der Waals surface area contributed by atoms with E-state index < -0.39 is 6.17 Å². The van der Waals surface area contributed by atoms with Crippen molar-refractivity contribution in [3.63, 3.8) is 0 Å². The number of para-hydroxylation sites is 1. The van der Waals surface area contributed by atoms with Gasteiger partial charge in [-0.25, -0.2) is 0 Å². The maximum atomic E-state index is 6.66. The Kier molecular flexibility index (Phi) is 6.35. The minimum atomic E-state index is -0.419. The first-order chi connectivity index (χ1) is 18.6. The molecule has 3 heterocycles. The SMILES string of the molecule is COc1ccc(CN2CC(N3C(N)=Nc4[nH]ncc4C3N)Cc3ccccc32)cc1OCc1ccccc1. The van der Waals surface area contributed by atoms with Crippen LogP contribution in [0.25, 0.3) is 0 Å². The molecule has 0 saturated heterocycles. The van der Waals surface area contributed by atoms with Gasteiger partial charge in [0.1, 0.15) is 12.8 Å². The van der Waals surface area contributed by atoms with E-state index in [1.807, 2.05) is 41.3 Å². The van der Waals surface area contributed by atoms with E-state index in [0.717, 1.165) is 35.4 Å². The lowest BCUT2D eigenvalue weighted by molar-refractivity contribution is 0.228. The van der Waals surface area contributed by atoms with Gasteiger partial charge in [-0.3, -0.25) is 5.10 Å². The lowest BCUT2D eigenvalue weighted by Gasteiger charge is -2.44. The molecule has 2 aliphatic heterocycles. The van der Waals surface area contributed by atoms with E-state index in [4.69, 9.17) is 20.9 Å². The van der Waals surface area contributed by atoms with Crippen LogP contribution in [0.4, 0.5) is 11.5 Å². The fourth-order valence-corrected chi connectivity index (χ4v) is 5.36. The molecule has 5 N–H and O–H groups in total. The Balaban J connectivity index is 1.26. The molecule has 0 radical (unpaired) electrons. The number of ether oxygens (including phenoxy) is 2. The zero-order valence-electron chi connectivity index (χ0n) is 21.2. The lowest BCUT2D eigenvalue weighted by atomic mass is 9.95. The summed E-state index contributed by atoms with van der Waals surface area (Å²) < 4.78 is 11.8. The number of H-pyrrole nitrogens is 1. The minimum Gasteiger partial charge on any atom is -0.493 e. The molecule has 4 aromatic rings. The Labute approximate surface area is 221 Å². The summed E-state index contributed by atoms with van der Waals surface area (Å²) >= 11 is 0. The van der Waals surface area contributed by atoms with E-state index in [0.29, 0.717) is 30.7 Å². The van der Waals surface area contributed by atoms with Crippen molar-refractivity contribution < 1.29 is 9.47 Å². The highest BCUT2D eigenvalue weighted by molar-refractivity contribution is 5.84. The number of nitrogens with zero attached hydrogens (tertiary/aromatic N) is 4. The predicted molar refractivity (Wildman–Crippen MR) is 147 cm³/mol. The largest absolute Gasteiger partial charge is 0.493 e. The molecule has 2 atom stereocenters. The Morgan fingerprint density at radius 2 is 1.82 bits per heavy atom. The van der Waals surface area contributed by atoms with E-state index in [1.54, 1.807) is 13.3 Å². The fourth-order valence-electron chi connectivity index (χ4n) is 5.36. The number of aliphatic imine (C=N–C) groups is 1. The van der Waals surface area contributed by atoms with E-state index in [9.17, 15) is 0 Å². The van der Waals surface area contributed by atoms with Crippen LogP contribution in [-0.4, -0.2) is 40.8 Å². The summed E-state index contributed by atoms with van der Waals surface area (Å²) in [7, 11) is 1.66. The quantitative estimate of drug-likeness (QED) is 0.346. The van der Waals surface area contributed by atoms with Crippen LogP contribution in [0.2, 0.25) is 0 Å². The van der Waals surface area contributed by atoms with Crippen LogP contribution < -0.4 is 25.8 Å². The van der Waals surface area contributed by atoms with Crippen LogP contribution in [0, 0.1) is 0 Å². The van der Waals surface area contributed by atoms with Gasteiger partial charge >= 0.3 is 0 Å². The zero-order valence-corrected chi connectivity index (χ0v) is 21.2. The highest BCUT2D eigenvalue weighted by Crippen LogP contribution is 2.36. The Hall–Kier alpha value is -4.50. The van der Waals surface area contributed by atoms with Crippen LogP contribution in [-0.2, 0) is 19.6 Å². The van der Waals surface area contributed by atoms with Gasteiger partial charge in [-0.15, -0.1) is 0 Å². The molecular weight excluding hydrogens is 478 g/mol. The van der Waals surface area contributed by atoms with E-state index in [-0.39, 0.29) is 6.04 Å².